The number of hydrogen-bond donors (Lipinski definition) is 1. The summed E-state index contributed by atoms with van der Waals surface area (Å²) >= 11 is 0. The third-order valence-corrected chi connectivity index (χ3v) is 3.42. The Labute approximate surface area is 91.4 Å². The SMILES string of the molecule is Cc1c(C)c2c(c(C)c1N)CC(C)(C)O2. The van der Waals surface area contributed by atoms with Crippen LogP contribution in [-0.4, -0.2) is 5.60 Å². The molecule has 0 fully saturated rings. The Morgan fingerprint density at radius 2 is 1.67 bits per heavy atom. The smallest absolute Gasteiger partial charge is 0.127 e. The van der Waals surface area contributed by atoms with Crippen LogP contribution in [0.15, 0.2) is 0 Å². The van der Waals surface area contributed by atoms with Crippen LogP contribution in [0.5, 0.6) is 5.75 Å². The Morgan fingerprint density at radius 1 is 1.07 bits per heavy atom. The number of hydrogen-bond acceptors (Lipinski definition) is 2. The zero-order valence-corrected chi connectivity index (χ0v) is 10.2. The van der Waals surface area contributed by atoms with Crippen molar-refractivity contribution in [3.63, 3.8) is 0 Å². The molecule has 2 nitrogen and oxygen atoms in total. The minimum absolute atomic E-state index is 0.0852. The third-order valence-electron chi connectivity index (χ3n) is 3.42. The molecule has 2 N–H and O–H groups in total. The molecule has 0 saturated heterocycles. The lowest BCUT2D eigenvalue weighted by molar-refractivity contribution is 0.137. The lowest BCUT2D eigenvalue weighted by atomic mass is 9.93. The van der Waals surface area contributed by atoms with Gasteiger partial charge in [-0.1, -0.05) is 0 Å². The molecule has 1 heterocycles. The lowest BCUT2D eigenvalue weighted by Gasteiger charge is -2.18. The highest BCUT2D eigenvalue weighted by Crippen LogP contribution is 2.43. The van der Waals surface area contributed by atoms with Crippen LogP contribution in [0.2, 0.25) is 0 Å². The van der Waals surface area contributed by atoms with E-state index in [1.54, 1.807) is 0 Å². The van der Waals surface area contributed by atoms with Gasteiger partial charge < -0.3 is 10.5 Å². The highest BCUT2D eigenvalue weighted by atomic mass is 16.5. The van der Waals surface area contributed by atoms with Gasteiger partial charge in [-0.3, -0.25) is 0 Å². The summed E-state index contributed by atoms with van der Waals surface area (Å²) in [5.74, 6) is 1.06. The van der Waals surface area contributed by atoms with Crippen LogP contribution in [-0.2, 0) is 6.42 Å². The number of fused-ring (bicyclic) bond motifs is 1. The number of nitrogens with two attached hydrogens (primary N) is 1. The van der Waals surface area contributed by atoms with E-state index in [2.05, 4.69) is 34.6 Å². The quantitative estimate of drug-likeness (QED) is 0.661. The Balaban J connectivity index is 2.69. The van der Waals surface area contributed by atoms with Gasteiger partial charge in [0.1, 0.15) is 11.4 Å². The molecule has 1 aromatic rings. The molecule has 0 bridgehead atoms. The van der Waals surface area contributed by atoms with Gasteiger partial charge in [0.25, 0.3) is 0 Å². The molecular weight excluding hydrogens is 186 g/mol. The van der Waals surface area contributed by atoms with Crippen molar-refractivity contribution >= 4 is 5.69 Å². The first-order valence-corrected chi connectivity index (χ1v) is 5.40. The molecular formula is C13H19NO. The molecule has 0 atom stereocenters. The Bertz CT molecular complexity index is 394. The number of anilines is 1. The van der Waals surface area contributed by atoms with E-state index in [1.807, 2.05) is 0 Å². The van der Waals surface area contributed by atoms with Crippen LogP contribution in [0.3, 0.4) is 0 Å². The largest absolute Gasteiger partial charge is 0.487 e. The molecule has 0 radical (unpaired) electrons. The maximum atomic E-state index is 6.09. The molecule has 2 rings (SSSR count). The molecule has 2 heteroatoms. The number of benzene rings is 1. The lowest BCUT2D eigenvalue weighted by Crippen LogP contribution is -2.24. The van der Waals surface area contributed by atoms with Crippen molar-refractivity contribution in [1.29, 1.82) is 0 Å². The Hall–Kier alpha value is -1.18. The normalized spacial score (nSPS) is 17.4. The van der Waals surface area contributed by atoms with Crippen molar-refractivity contribution in [1.82, 2.24) is 0 Å². The van der Waals surface area contributed by atoms with E-state index < -0.39 is 0 Å². The summed E-state index contributed by atoms with van der Waals surface area (Å²) in [4.78, 5) is 0. The second-order valence-electron chi connectivity index (χ2n) is 5.13. The van der Waals surface area contributed by atoms with E-state index in [0.29, 0.717) is 0 Å². The molecule has 1 aliphatic rings. The van der Waals surface area contributed by atoms with Crippen LogP contribution in [0.1, 0.15) is 36.1 Å². The zero-order chi connectivity index (χ0) is 11.4. The van der Waals surface area contributed by atoms with Gasteiger partial charge in [-0.15, -0.1) is 0 Å². The second-order valence-corrected chi connectivity index (χ2v) is 5.13. The van der Waals surface area contributed by atoms with E-state index in [0.717, 1.165) is 23.4 Å². The fraction of sp³-hybridized carbons (Fsp3) is 0.538. The van der Waals surface area contributed by atoms with Crippen molar-refractivity contribution in [2.45, 2.75) is 46.6 Å². The van der Waals surface area contributed by atoms with Gasteiger partial charge >= 0.3 is 0 Å². The van der Waals surface area contributed by atoms with Gasteiger partial charge in [-0.2, -0.15) is 0 Å². The van der Waals surface area contributed by atoms with Gasteiger partial charge in [0, 0.05) is 17.7 Å². The maximum Gasteiger partial charge on any atom is 0.127 e. The van der Waals surface area contributed by atoms with Gasteiger partial charge in [0.2, 0.25) is 0 Å². The first kappa shape index (κ1) is 10.3. The van der Waals surface area contributed by atoms with Crippen LogP contribution in [0.4, 0.5) is 5.69 Å². The van der Waals surface area contributed by atoms with Crippen molar-refractivity contribution < 1.29 is 4.74 Å². The summed E-state index contributed by atoms with van der Waals surface area (Å²) in [5.41, 5.74) is 11.8. The van der Waals surface area contributed by atoms with E-state index in [1.165, 1.54) is 16.7 Å². The van der Waals surface area contributed by atoms with E-state index in [-0.39, 0.29) is 5.60 Å². The monoisotopic (exact) mass is 205 g/mol. The molecule has 15 heavy (non-hydrogen) atoms. The van der Waals surface area contributed by atoms with Crippen molar-refractivity contribution in [2.75, 3.05) is 5.73 Å². The van der Waals surface area contributed by atoms with Crippen molar-refractivity contribution in [2.24, 2.45) is 0 Å². The number of rotatable bonds is 0. The van der Waals surface area contributed by atoms with E-state index in [4.69, 9.17) is 10.5 Å². The molecule has 0 spiro atoms. The second kappa shape index (κ2) is 2.91. The predicted molar refractivity (Wildman–Crippen MR) is 63.5 cm³/mol. The summed E-state index contributed by atoms with van der Waals surface area (Å²) in [6.45, 7) is 10.5. The highest BCUT2D eigenvalue weighted by Gasteiger charge is 2.33. The third kappa shape index (κ3) is 1.39. The molecule has 0 aliphatic carbocycles. The van der Waals surface area contributed by atoms with Crippen molar-refractivity contribution in [3.05, 3.63) is 22.3 Å². The molecule has 0 unspecified atom stereocenters. The minimum atomic E-state index is -0.0852. The van der Waals surface area contributed by atoms with E-state index in [9.17, 15) is 0 Å². The fourth-order valence-corrected chi connectivity index (χ4v) is 2.30. The van der Waals surface area contributed by atoms with Gasteiger partial charge in [-0.25, -0.2) is 0 Å². The molecule has 0 amide bonds. The van der Waals surface area contributed by atoms with E-state index >= 15 is 0 Å². The van der Waals surface area contributed by atoms with Crippen LogP contribution in [0.25, 0.3) is 0 Å². The molecule has 1 aliphatic heterocycles. The first-order valence-electron chi connectivity index (χ1n) is 5.40. The topological polar surface area (TPSA) is 35.2 Å². The standard InChI is InChI=1S/C13H19NO/c1-7-8(2)12-10(9(3)11(7)14)6-13(4,5)15-12/h6,14H2,1-5H3. The maximum absolute atomic E-state index is 6.09. The van der Waals surface area contributed by atoms with Crippen LogP contribution in [0, 0.1) is 20.8 Å². The number of ether oxygens (including phenoxy) is 1. The summed E-state index contributed by atoms with van der Waals surface area (Å²) in [5, 5.41) is 0. The van der Waals surface area contributed by atoms with Crippen LogP contribution < -0.4 is 10.5 Å². The molecule has 0 saturated carbocycles. The first-order chi connectivity index (χ1) is 6.83. The highest BCUT2D eigenvalue weighted by molar-refractivity contribution is 5.66. The van der Waals surface area contributed by atoms with Gasteiger partial charge in [-0.05, 0) is 51.3 Å². The summed E-state index contributed by atoms with van der Waals surface area (Å²) in [6.07, 6.45) is 0.958. The predicted octanol–water partition coefficient (Wildman–Crippen LogP) is 2.91. The van der Waals surface area contributed by atoms with Crippen LogP contribution >= 0.6 is 0 Å². The molecule has 82 valence electrons. The van der Waals surface area contributed by atoms with Crippen molar-refractivity contribution in [3.8, 4) is 5.75 Å². The molecule has 1 aromatic carbocycles. The Kier molecular flexibility index (Phi) is 2.00. The summed E-state index contributed by atoms with van der Waals surface area (Å²) in [7, 11) is 0. The van der Waals surface area contributed by atoms with Gasteiger partial charge in [0.05, 0.1) is 0 Å². The summed E-state index contributed by atoms with van der Waals surface area (Å²) < 4.78 is 5.99. The zero-order valence-electron chi connectivity index (χ0n) is 10.2. The average molecular weight is 205 g/mol. The fourth-order valence-electron chi connectivity index (χ4n) is 2.30. The Morgan fingerprint density at radius 3 is 2.27 bits per heavy atom. The number of nitrogen functional groups attached to an aromatic ring is 1. The molecule has 0 aromatic heterocycles. The summed E-state index contributed by atoms with van der Waals surface area (Å²) in [6, 6.07) is 0. The average Bonchev–Trinajstić information content (AvgIpc) is 2.48. The van der Waals surface area contributed by atoms with Gasteiger partial charge in [0.15, 0.2) is 0 Å². The minimum Gasteiger partial charge on any atom is -0.487 e.